The number of alkyl carbamates (subject to hydrolysis) is 1. The summed E-state index contributed by atoms with van der Waals surface area (Å²) < 4.78 is 22.6. The van der Waals surface area contributed by atoms with Crippen molar-refractivity contribution in [1.82, 2.24) is 5.32 Å². The number of ether oxygens (including phenoxy) is 4. The maximum Gasteiger partial charge on any atom is 0.408 e. The molecule has 0 aliphatic carbocycles. The highest BCUT2D eigenvalue weighted by atomic mass is 16.9. The number of carbonyl (C=O) groups is 1. The number of amides is 1. The van der Waals surface area contributed by atoms with Crippen LogP contribution in [0.5, 0.6) is 0 Å². The van der Waals surface area contributed by atoms with Gasteiger partial charge in [-0.1, -0.05) is 31.7 Å². The Kier molecular flexibility index (Phi) is 4.65. The van der Waals surface area contributed by atoms with Gasteiger partial charge in [-0.3, -0.25) is 0 Å². The topological polar surface area (TPSA) is 66.0 Å². The smallest absolute Gasteiger partial charge is 0.408 e. The summed E-state index contributed by atoms with van der Waals surface area (Å²) in [5.41, 5.74) is -0.727. The molecule has 3 rings (SSSR count). The van der Waals surface area contributed by atoms with Crippen LogP contribution in [0.4, 0.5) is 4.79 Å². The molecule has 0 aromatic rings. The van der Waals surface area contributed by atoms with E-state index in [9.17, 15) is 4.79 Å². The SMILES string of the molecule is C=C/C=C\[C@H](NC(=O)OC(C)(C)C)C12OCC(C)(CO1)CO2. The fourth-order valence-electron chi connectivity index (χ4n) is 2.22. The van der Waals surface area contributed by atoms with Gasteiger partial charge in [-0.15, -0.1) is 0 Å². The number of rotatable bonds is 4. The van der Waals surface area contributed by atoms with Crippen molar-refractivity contribution in [2.24, 2.45) is 5.41 Å². The Morgan fingerprint density at radius 3 is 2.27 bits per heavy atom. The van der Waals surface area contributed by atoms with Gasteiger partial charge in [-0.25, -0.2) is 4.79 Å². The molecular formula is C16H25NO5. The Balaban J connectivity index is 2.11. The number of carbonyl (C=O) groups excluding carboxylic acids is 1. The second kappa shape index (κ2) is 6.02. The minimum absolute atomic E-state index is 0.139. The van der Waals surface area contributed by atoms with Crippen LogP contribution in [0.1, 0.15) is 27.7 Å². The van der Waals surface area contributed by atoms with E-state index in [0.29, 0.717) is 19.8 Å². The molecule has 3 aliphatic rings. The van der Waals surface area contributed by atoms with Crippen LogP contribution >= 0.6 is 0 Å². The van der Waals surface area contributed by atoms with Gasteiger partial charge in [-0.2, -0.15) is 0 Å². The number of allylic oxidation sites excluding steroid dienone is 2. The molecule has 0 radical (unpaired) electrons. The molecule has 0 aromatic carbocycles. The van der Waals surface area contributed by atoms with E-state index in [1.807, 2.05) is 6.92 Å². The Morgan fingerprint density at radius 1 is 1.27 bits per heavy atom. The average molecular weight is 311 g/mol. The molecule has 124 valence electrons. The van der Waals surface area contributed by atoms with E-state index in [0.717, 1.165) is 0 Å². The summed E-state index contributed by atoms with van der Waals surface area (Å²) >= 11 is 0. The molecule has 1 N–H and O–H groups in total. The molecular weight excluding hydrogens is 286 g/mol. The third-order valence-corrected chi connectivity index (χ3v) is 3.36. The van der Waals surface area contributed by atoms with Gasteiger partial charge >= 0.3 is 12.1 Å². The van der Waals surface area contributed by atoms with Crippen LogP contribution in [0.25, 0.3) is 0 Å². The molecule has 1 atom stereocenters. The van der Waals surface area contributed by atoms with Crippen molar-refractivity contribution in [3.63, 3.8) is 0 Å². The van der Waals surface area contributed by atoms with E-state index in [2.05, 4.69) is 11.9 Å². The van der Waals surface area contributed by atoms with Crippen LogP contribution < -0.4 is 5.32 Å². The number of hydrogen-bond acceptors (Lipinski definition) is 5. The molecule has 2 bridgehead atoms. The lowest BCUT2D eigenvalue weighted by Gasteiger charge is -2.52. The molecule has 0 spiro atoms. The van der Waals surface area contributed by atoms with Gasteiger partial charge in [0, 0.05) is 5.41 Å². The van der Waals surface area contributed by atoms with Gasteiger partial charge in [0.15, 0.2) is 0 Å². The fraction of sp³-hybridized carbons (Fsp3) is 0.688. The van der Waals surface area contributed by atoms with Gasteiger partial charge in [-0.05, 0) is 20.8 Å². The van der Waals surface area contributed by atoms with Crippen LogP contribution in [0.15, 0.2) is 24.8 Å². The molecule has 0 unspecified atom stereocenters. The Hall–Kier alpha value is -1.37. The van der Waals surface area contributed by atoms with E-state index in [1.165, 1.54) is 0 Å². The zero-order valence-corrected chi connectivity index (χ0v) is 13.7. The van der Waals surface area contributed by atoms with E-state index in [4.69, 9.17) is 18.9 Å². The minimum atomic E-state index is -1.31. The third-order valence-electron chi connectivity index (χ3n) is 3.36. The molecule has 3 fully saturated rings. The van der Waals surface area contributed by atoms with Crippen LogP contribution in [-0.4, -0.2) is 43.5 Å². The van der Waals surface area contributed by atoms with E-state index >= 15 is 0 Å². The van der Waals surface area contributed by atoms with E-state index < -0.39 is 23.7 Å². The molecule has 3 aliphatic heterocycles. The first-order valence-electron chi connectivity index (χ1n) is 7.39. The quantitative estimate of drug-likeness (QED) is 0.807. The molecule has 3 heterocycles. The largest absolute Gasteiger partial charge is 0.444 e. The summed E-state index contributed by atoms with van der Waals surface area (Å²) in [6.45, 7) is 12.6. The fourth-order valence-corrected chi connectivity index (χ4v) is 2.22. The summed E-state index contributed by atoms with van der Waals surface area (Å²) in [7, 11) is 0. The van der Waals surface area contributed by atoms with Crippen LogP contribution in [0.2, 0.25) is 0 Å². The predicted molar refractivity (Wildman–Crippen MR) is 81.2 cm³/mol. The zero-order chi connectivity index (χ0) is 16.4. The van der Waals surface area contributed by atoms with Crippen molar-refractivity contribution in [2.45, 2.75) is 45.3 Å². The molecule has 1 amide bonds. The summed E-state index contributed by atoms with van der Waals surface area (Å²) in [5, 5.41) is 2.74. The van der Waals surface area contributed by atoms with Crippen molar-refractivity contribution in [1.29, 1.82) is 0 Å². The van der Waals surface area contributed by atoms with Gasteiger partial charge in [0.1, 0.15) is 11.6 Å². The number of nitrogens with one attached hydrogen (secondary N) is 1. The highest BCUT2D eigenvalue weighted by molar-refractivity contribution is 5.68. The zero-order valence-electron chi connectivity index (χ0n) is 13.7. The highest BCUT2D eigenvalue weighted by Crippen LogP contribution is 2.40. The first-order chi connectivity index (χ1) is 10.2. The second-order valence-electron chi connectivity index (χ2n) is 7.02. The van der Waals surface area contributed by atoms with Crippen molar-refractivity contribution in [3.05, 3.63) is 24.8 Å². The maximum absolute atomic E-state index is 12.0. The van der Waals surface area contributed by atoms with Crippen molar-refractivity contribution < 1.29 is 23.7 Å². The normalized spacial score (nSPS) is 32.7. The maximum atomic E-state index is 12.0. The molecule has 6 heteroatoms. The van der Waals surface area contributed by atoms with Crippen LogP contribution in [0, 0.1) is 5.41 Å². The first-order valence-corrected chi connectivity index (χ1v) is 7.39. The average Bonchev–Trinajstić information content (AvgIpc) is 2.42. The molecule has 3 saturated heterocycles. The Labute approximate surface area is 131 Å². The van der Waals surface area contributed by atoms with Crippen LogP contribution in [0.3, 0.4) is 0 Å². The molecule has 0 saturated carbocycles. The molecule has 22 heavy (non-hydrogen) atoms. The van der Waals surface area contributed by atoms with E-state index in [1.54, 1.807) is 39.0 Å². The number of fused-ring (bicyclic) bond motifs is 3. The van der Waals surface area contributed by atoms with Gasteiger partial charge < -0.3 is 24.3 Å². The van der Waals surface area contributed by atoms with Gasteiger partial charge in [0.25, 0.3) is 0 Å². The number of hydrogen-bond donors (Lipinski definition) is 1. The molecule has 0 aromatic heterocycles. The summed E-state index contributed by atoms with van der Waals surface area (Å²) in [6, 6.07) is -0.634. The third kappa shape index (κ3) is 3.88. The van der Waals surface area contributed by atoms with Gasteiger partial charge in [0.05, 0.1) is 19.8 Å². The Bertz CT molecular complexity index is 441. The summed E-state index contributed by atoms with van der Waals surface area (Å²) in [4.78, 5) is 12.0. The summed E-state index contributed by atoms with van der Waals surface area (Å²) in [5.74, 6) is -1.31. The molecule has 6 nitrogen and oxygen atoms in total. The Morgan fingerprint density at radius 2 is 1.82 bits per heavy atom. The lowest BCUT2D eigenvalue weighted by molar-refractivity contribution is -0.469. The minimum Gasteiger partial charge on any atom is -0.444 e. The van der Waals surface area contributed by atoms with Crippen LogP contribution in [-0.2, 0) is 18.9 Å². The van der Waals surface area contributed by atoms with Gasteiger partial charge in [0.2, 0.25) is 0 Å². The second-order valence-corrected chi connectivity index (χ2v) is 7.02. The predicted octanol–water partition coefficient (Wildman–Crippen LogP) is 2.36. The standard InChI is InChI=1S/C16H25NO5/c1-6-7-8-12(17-13(18)22-14(2,3)4)16-19-9-15(5,10-20-16)11-21-16/h6-8,12H,1,9-11H2,2-5H3,(H,17,18)/b8-7-/t12-,15?,16?/m0/s1. The lowest BCUT2D eigenvalue weighted by atomic mass is 9.91. The van der Waals surface area contributed by atoms with E-state index in [-0.39, 0.29) is 5.41 Å². The lowest BCUT2D eigenvalue weighted by Crippen LogP contribution is -2.67. The first kappa shape index (κ1) is 17.0. The van der Waals surface area contributed by atoms with Crippen molar-refractivity contribution in [2.75, 3.05) is 19.8 Å². The van der Waals surface area contributed by atoms with Crippen molar-refractivity contribution >= 4 is 6.09 Å². The van der Waals surface area contributed by atoms with Crippen molar-refractivity contribution in [3.8, 4) is 0 Å². The highest BCUT2D eigenvalue weighted by Gasteiger charge is 2.55. The monoisotopic (exact) mass is 311 g/mol. The summed E-state index contributed by atoms with van der Waals surface area (Å²) in [6.07, 6.45) is 4.46.